The number of para-hydroxylation sites is 1. The predicted octanol–water partition coefficient (Wildman–Crippen LogP) is 5.48. The number of hydrogen-bond acceptors (Lipinski definition) is 4. The van der Waals surface area contributed by atoms with Crippen LogP contribution in [0.25, 0.3) is 0 Å². The van der Waals surface area contributed by atoms with Gasteiger partial charge in [-0.3, -0.25) is 14.4 Å². The fourth-order valence-corrected chi connectivity index (χ4v) is 5.73. The van der Waals surface area contributed by atoms with Gasteiger partial charge in [0.1, 0.15) is 0 Å². The van der Waals surface area contributed by atoms with Crippen LogP contribution in [0.5, 0.6) is 0 Å². The molecular formula is C29H34F3N5O. The zero-order valence-electron chi connectivity index (χ0n) is 21.6. The van der Waals surface area contributed by atoms with Crippen LogP contribution < -0.4 is 5.32 Å². The SMILES string of the molecule is Cc1cc(C(F)(F)F)nn1CCC(=O)N1Cc2ccccc2NCC[C@@H]2CC[C@H](C1)N2Cc1ccccc1. The fourth-order valence-electron chi connectivity index (χ4n) is 5.73. The monoisotopic (exact) mass is 525 g/mol. The van der Waals surface area contributed by atoms with Gasteiger partial charge in [0.05, 0.1) is 0 Å². The number of nitrogens with one attached hydrogen (secondary N) is 1. The van der Waals surface area contributed by atoms with Crippen molar-refractivity contribution in [2.45, 2.75) is 70.5 Å². The van der Waals surface area contributed by atoms with E-state index in [0.717, 1.165) is 49.7 Å². The number of alkyl halides is 3. The van der Waals surface area contributed by atoms with Gasteiger partial charge in [-0.1, -0.05) is 48.5 Å². The standard InChI is InChI=1S/C29H34F3N5O/c1-21-17-27(29(30,31)32)34-37(21)16-14-28(38)35-19-23-9-5-6-10-26(23)33-15-13-24-11-12-25(20-35)36(24)18-22-7-3-2-4-8-22/h2-10,17,24-25,33H,11-16,18-20H2,1H3/t24-,25+/m0/s1. The quantitative estimate of drug-likeness (QED) is 0.480. The van der Waals surface area contributed by atoms with Crippen molar-refractivity contribution in [2.75, 3.05) is 18.4 Å². The number of hydrogen-bond donors (Lipinski definition) is 1. The lowest BCUT2D eigenvalue weighted by molar-refractivity contribution is -0.141. The minimum atomic E-state index is -4.50. The summed E-state index contributed by atoms with van der Waals surface area (Å²) in [5.74, 6) is -0.0781. The van der Waals surface area contributed by atoms with Crippen molar-refractivity contribution < 1.29 is 18.0 Å². The van der Waals surface area contributed by atoms with E-state index >= 15 is 0 Å². The Hall–Kier alpha value is -3.33. The van der Waals surface area contributed by atoms with Crippen molar-refractivity contribution in [3.8, 4) is 0 Å². The molecule has 0 spiro atoms. The smallest absolute Gasteiger partial charge is 0.385 e. The Morgan fingerprint density at radius 1 is 1.03 bits per heavy atom. The number of fused-ring (bicyclic) bond motifs is 3. The molecule has 9 heteroatoms. The number of anilines is 1. The zero-order chi connectivity index (χ0) is 26.7. The molecule has 1 amide bonds. The van der Waals surface area contributed by atoms with Gasteiger partial charge in [-0.15, -0.1) is 0 Å². The van der Waals surface area contributed by atoms with E-state index in [4.69, 9.17) is 0 Å². The van der Waals surface area contributed by atoms with Crippen molar-refractivity contribution in [3.05, 3.63) is 83.2 Å². The third-order valence-electron chi connectivity index (χ3n) is 7.74. The maximum atomic E-state index is 13.6. The third-order valence-corrected chi connectivity index (χ3v) is 7.74. The molecule has 1 fully saturated rings. The average molecular weight is 526 g/mol. The number of nitrogens with zero attached hydrogens (tertiary/aromatic N) is 4. The van der Waals surface area contributed by atoms with Crippen LogP contribution in [0.15, 0.2) is 60.7 Å². The molecule has 202 valence electrons. The Balaban J connectivity index is 1.37. The first-order valence-corrected chi connectivity index (χ1v) is 13.3. The highest BCUT2D eigenvalue weighted by Crippen LogP contribution is 2.32. The molecule has 6 nitrogen and oxygen atoms in total. The number of aromatic nitrogens is 2. The number of amides is 1. The third kappa shape index (κ3) is 6.04. The van der Waals surface area contributed by atoms with Crippen molar-refractivity contribution >= 4 is 11.6 Å². The lowest BCUT2D eigenvalue weighted by atomic mass is 10.1. The summed E-state index contributed by atoms with van der Waals surface area (Å²) >= 11 is 0. The van der Waals surface area contributed by atoms with Gasteiger partial charge in [-0.05, 0) is 49.4 Å². The number of aryl methyl sites for hydroxylation is 2. The lowest BCUT2D eigenvalue weighted by Crippen LogP contribution is -2.45. The van der Waals surface area contributed by atoms with E-state index in [1.165, 1.54) is 10.2 Å². The van der Waals surface area contributed by atoms with Crippen LogP contribution in [-0.4, -0.2) is 50.7 Å². The van der Waals surface area contributed by atoms with Crippen LogP contribution in [0.2, 0.25) is 0 Å². The molecule has 0 unspecified atom stereocenters. The highest BCUT2D eigenvalue weighted by molar-refractivity contribution is 5.76. The van der Waals surface area contributed by atoms with Gasteiger partial charge < -0.3 is 10.2 Å². The van der Waals surface area contributed by atoms with Crippen molar-refractivity contribution in [1.82, 2.24) is 19.6 Å². The second-order valence-corrected chi connectivity index (χ2v) is 10.3. The molecule has 2 bridgehead atoms. The Kier molecular flexibility index (Phi) is 7.74. The molecule has 2 aromatic carbocycles. The number of rotatable bonds is 5. The number of halogens is 3. The predicted molar refractivity (Wildman–Crippen MR) is 140 cm³/mol. The summed E-state index contributed by atoms with van der Waals surface area (Å²) in [4.78, 5) is 18.0. The van der Waals surface area contributed by atoms with Crippen LogP contribution in [0.1, 0.15) is 48.2 Å². The number of benzene rings is 2. The van der Waals surface area contributed by atoms with E-state index in [1.54, 1.807) is 6.92 Å². The van der Waals surface area contributed by atoms with E-state index in [9.17, 15) is 18.0 Å². The van der Waals surface area contributed by atoms with Crippen LogP contribution in [0.4, 0.5) is 18.9 Å². The topological polar surface area (TPSA) is 53.4 Å². The Morgan fingerprint density at radius 3 is 2.53 bits per heavy atom. The van der Waals surface area contributed by atoms with Gasteiger partial charge in [0, 0.05) is 62.6 Å². The first-order valence-electron chi connectivity index (χ1n) is 13.3. The molecule has 3 heterocycles. The van der Waals surface area contributed by atoms with Crippen LogP contribution in [-0.2, 0) is 30.6 Å². The van der Waals surface area contributed by atoms with Crippen molar-refractivity contribution in [3.63, 3.8) is 0 Å². The molecule has 1 saturated heterocycles. The van der Waals surface area contributed by atoms with E-state index in [0.29, 0.717) is 24.8 Å². The Bertz CT molecular complexity index is 1240. The molecular weight excluding hydrogens is 491 g/mol. The summed E-state index contributed by atoms with van der Waals surface area (Å²) in [6.07, 6.45) is -1.31. The van der Waals surface area contributed by atoms with Gasteiger partial charge in [-0.2, -0.15) is 18.3 Å². The second kappa shape index (κ2) is 11.2. The minimum absolute atomic E-state index is 0.0781. The highest BCUT2D eigenvalue weighted by atomic mass is 19.4. The Morgan fingerprint density at radius 2 is 1.76 bits per heavy atom. The maximum Gasteiger partial charge on any atom is 0.435 e. The molecule has 2 aliphatic rings. The fraction of sp³-hybridized carbons (Fsp3) is 0.448. The Labute approximate surface area is 221 Å². The first-order chi connectivity index (χ1) is 18.3. The highest BCUT2D eigenvalue weighted by Gasteiger charge is 2.36. The first kappa shape index (κ1) is 26.3. The zero-order valence-corrected chi connectivity index (χ0v) is 21.6. The molecule has 0 saturated carbocycles. The normalized spacial score (nSPS) is 20.5. The summed E-state index contributed by atoms with van der Waals surface area (Å²) in [7, 11) is 0. The van der Waals surface area contributed by atoms with Crippen molar-refractivity contribution in [2.24, 2.45) is 0 Å². The minimum Gasteiger partial charge on any atom is -0.385 e. The number of carbonyl (C=O) groups is 1. The van der Waals surface area contributed by atoms with Gasteiger partial charge in [0.25, 0.3) is 0 Å². The largest absolute Gasteiger partial charge is 0.435 e. The number of carbonyl (C=O) groups excluding carboxylic acids is 1. The molecule has 3 aromatic rings. The van der Waals surface area contributed by atoms with Gasteiger partial charge >= 0.3 is 6.18 Å². The second-order valence-electron chi connectivity index (χ2n) is 10.3. The van der Waals surface area contributed by atoms with Gasteiger partial charge in [0.15, 0.2) is 5.69 Å². The van der Waals surface area contributed by atoms with Gasteiger partial charge in [0.2, 0.25) is 5.91 Å². The van der Waals surface area contributed by atoms with Crippen molar-refractivity contribution in [1.29, 1.82) is 0 Å². The summed E-state index contributed by atoms with van der Waals surface area (Å²) in [5.41, 5.74) is 2.79. The molecule has 1 N–H and O–H groups in total. The van der Waals surface area contributed by atoms with E-state index in [-0.39, 0.29) is 24.9 Å². The van der Waals surface area contributed by atoms with Crippen LogP contribution in [0, 0.1) is 6.92 Å². The summed E-state index contributed by atoms with van der Waals surface area (Å²) in [6, 6.07) is 20.1. The summed E-state index contributed by atoms with van der Waals surface area (Å²) < 4.78 is 40.6. The van der Waals surface area contributed by atoms with Crippen LogP contribution >= 0.6 is 0 Å². The molecule has 2 atom stereocenters. The average Bonchev–Trinajstić information content (AvgIpc) is 3.45. The maximum absolute atomic E-state index is 13.6. The summed E-state index contributed by atoms with van der Waals surface area (Å²) in [5, 5.41) is 7.29. The molecule has 2 aliphatic heterocycles. The van der Waals surface area contributed by atoms with Gasteiger partial charge in [-0.25, -0.2) is 0 Å². The lowest BCUT2D eigenvalue weighted by Gasteiger charge is -2.34. The summed E-state index contributed by atoms with van der Waals surface area (Å²) in [6.45, 7) is 4.42. The van der Waals surface area contributed by atoms with Crippen LogP contribution in [0.3, 0.4) is 0 Å². The van der Waals surface area contributed by atoms with E-state index < -0.39 is 11.9 Å². The molecule has 38 heavy (non-hydrogen) atoms. The molecule has 5 rings (SSSR count). The van der Waals surface area contributed by atoms with E-state index in [1.807, 2.05) is 35.2 Å². The molecule has 0 aliphatic carbocycles. The molecule has 1 aromatic heterocycles. The molecule has 0 radical (unpaired) electrons. The van der Waals surface area contributed by atoms with E-state index in [2.05, 4.69) is 39.6 Å².